The van der Waals surface area contributed by atoms with Crippen molar-refractivity contribution >= 4 is 16.9 Å². The molecule has 7 nitrogen and oxygen atoms in total. The second-order valence-electron chi connectivity index (χ2n) is 6.90. The highest BCUT2D eigenvalue weighted by atomic mass is 16.5. The van der Waals surface area contributed by atoms with Crippen molar-refractivity contribution in [1.29, 1.82) is 0 Å². The fourth-order valence-electron chi connectivity index (χ4n) is 2.83. The summed E-state index contributed by atoms with van der Waals surface area (Å²) in [4.78, 5) is 12.0. The third-order valence-corrected chi connectivity index (χ3v) is 4.36. The van der Waals surface area contributed by atoms with Crippen LogP contribution in [-0.2, 0) is 0 Å². The molecule has 160 valence electrons. The number of rotatable bonds is 12. The van der Waals surface area contributed by atoms with Crippen molar-refractivity contribution in [3.8, 4) is 11.5 Å². The first kappa shape index (κ1) is 21.7. The Balaban J connectivity index is 1.37. The minimum Gasteiger partial charge on any atom is -0.492 e. The van der Waals surface area contributed by atoms with Crippen molar-refractivity contribution in [2.45, 2.75) is 19.4 Å². The molecule has 2 aromatic carbocycles. The zero-order valence-electron chi connectivity index (χ0n) is 17.1. The van der Waals surface area contributed by atoms with Gasteiger partial charge >= 0.3 is 0 Å². The second kappa shape index (κ2) is 11.2. The molecule has 1 atom stereocenters. The highest BCUT2D eigenvalue weighted by Gasteiger charge is 2.12. The maximum absolute atomic E-state index is 12.0. The van der Waals surface area contributed by atoms with Crippen LogP contribution in [0, 0.1) is 0 Å². The summed E-state index contributed by atoms with van der Waals surface area (Å²) in [5.74, 6) is 1.51. The Labute approximate surface area is 176 Å². The third kappa shape index (κ3) is 6.50. The molecule has 0 aliphatic carbocycles. The molecule has 0 saturated heterocycles. The third-order valence-electron chi connectivity index (χ3n) is 4.36. The monoisotopic (exact) mass is 412 g/mol. The normalized spacial score (nSPS) is 11.9. The van der Waals surface area contributed by atoms with Crippen LogP contribution in [0.1, 0.15) is 23.9 Å². The number of aliphatic hydroxyl groups excluding tert-OH is 1. The van der Waals surface area contributed by atoms with Gasteiger partial charge in [0.2, 0.25) is 0 Å². The van der Waals surface area contributed by atoms with E-state index < -0.39 is 6.10 Å². The zero-order chi connectivity index (χ0) is 21.2. The molecule has 1 amide bonds. The first-order valence-corrected chi connectivity index (χ1v) is 10.2. The second-order valence-corrected chi connectivity index (χ2v) is 6.90. The molecule has 0 radical (unpaired) electrons. The number of carbonyl (C=O) groups is 1. The van der Waals surface area contributed by atoms with Crippen LogP contribution in [0.2, 0.25) is 0 Å². The van der Waals surface area contributed by atoms with Crippen LogP contribution < -0.4 is 20.1 Å². The molecule has 0 spiro atoms. The van der Waals surface area contributed by atoms with Crippen molar-refractivity contribution in [3.63, 3.8) is 0 Å². The molecule has 1 aromatic heterocycles. The molecule has 0 bridgehead atoms. The lowest BCUT2D eigenvalue weighted by Gasteiger charge is -2.13. The van der Waals surface area contributed by atoms with Gasteiger partial charge in [0.05, 0.1) is 0 Å². The Morgan fingerprint density at radius 3 is 2.70 bits per heavy atom. The Morgan fingerprint density at radius 2 is 1.90 bits per heavy atom. The van der Waals surface area contributed by atoms with Crippen LogP contribution in [0.25, 0.3) is 11.0 Å². The summed E-state index contributed by atoms with van der Waals surface area (Å²) in [5, 5.41) is 16.7. The highest BCUT2D eigenvalue weighted by molar-refractivity contribution is 5.96. The summed E-state index contributed by atoms with van der Waals surface area (Å²) in [6.45, 7) is 4.27. The largest absolute Gasteiger partial charge is 0.492 e. The molecule has 0 saturated carbocycles. The van der Waals surface area contributed by atoms with Crippen LogP contribution in [-0.4, -0.2) is 50.0 Å². The molecule has 0 aliphatic rings. The number of fused-ring (bicyclic) bond motifs is 1. The zero-order valence-corrected chi connectivity index (χ0v) is 17.1. The Morgan fingerprint density at radius 1 is 1.07 bits per heavy atom. The molecule has 3 N–H and O–H groups in total. The fourth-order valence-corrected chi connectivity index (χ4v) is 2.83. The summed E-state index contributed by atoms with van der Waals surface area (Å²) in [6.07, 6.45) is 0.263. The molecule has 0 unspecified atom stereocenters. The summed E-state index contributed by atoms with van der Waals surface area (Å²) in [7, 11) is 0. The van der Waals surface area contributed by atoms with Gasteiger partial charge in [-0.25, -0.2) is 0 Å². The standard InChI is InChI=1S/C23H28N2O5/c1-2-10-25-23(27)22-14-17-13-20(8-9-21(17)30-22)28-12-11-24-15-18(26)16-29-19-6-4-3-5-7-19/h3-9,13-14,18,24,26H,2,10-12,15-16H2,1H3,(H,25,27)/t18-/m0/s1. The summed E-state index contributed by atoms with van der Waals surface area (Å²) in [5.41, 5.74) is 0.642. The van der Waals surface area contributed by atoms with E-state index in [1.165, 1.54) is 0 Å². The average Bonchev–Trinajstić information content (AvgIpc) is 3.20. The van der Waals surface area contributed by atoms with Crippen molar-refractivity contribution < 1.29 is 23.8 Å². The number of benzene rings is 2. The number of hydrogen-bond acceptors (Lipinski definition) is 6. The van der Waals surface area contributed by atoms with Crippen LogP contribution in [0.5, 0.6) is 11.5 Å². The summed E-state index contributed by atoms with van der Waals surface area (Å²) >= 11 is 0. The fraction of sp³-hybridized carbons (Fsp3) is 0.348. The van der Waals surface area contributed by atoms with E-state index in [0.29, 0.717) is 43.3 Å². The highest BCUT2D eigenvalue weighted by Crippen LogP contribution is 2.24. The number of carbonyl (C=O) groups excluding carboxylic acids is 1. The van der Waals surface area contributed by atoms with E-state index >= 15 is 0 Å². The van der Waals surface area contributed by atoms with E-state index in [0.717, 1.165) is 17.6 Å². The smallest absolute Gasteiger partial charge is 0.287 e. The van der Waals surface area contributed by atoms with Gasteiger partial charge in [-0.3, -0.25) is 4.79 Å². The van der Waals surface area contributed by atoms with Gasteiger partial charge in [0.1, 0.15) is 36.4 Å². The first-order chi connectivity index (χ1) is 14.7. The van der Waals surface area contributed by atoms with Gasteiger partial charge in [0.15, 0.2) is 5.76 Å². The SMILES string of the molecule is CCCNC(=O)c1cc2cc(OCCNC[C@H](O)COc3ccccc3)ccc2o1. The van der Waals surface area contributed by atoms with Gasteiger partial charge in [-0.15, -0.1) is 0 Å². The number of hydrogen-bond donors (Lipinski definition) is 3. The van der Waals surface area contributed by atoms with E-state index in [1.54, 1.807) is 12.1 Å². The molecule has 0 aliphatic heterocycles. The Bertz CT molecular complexity index is 926. The number of nitrogens with one attached hydrogen (secondary N) is 2. The van der Waals surface area contributed by atoms with Gasteiger partial charge < -0.3 is 29.6 Å². The quantitative estimate of drug-likeness (QED) is 0.396. The van der Waals surface area contributed by atoms with Gasteiger partial charge in [-0.1, -0.05) is 25.1 Å². The minimum atomic E-state index is -0.607. The van der Waals surface area contributed by atoms with Gasteiger partial charge in [0, 0.05) is 25.0 Å². The predicted octanol–water partition coefficient (Wildman–Crippen LogP) is 2.98. The molecule has 3 aromatic rings. The molecule has 0 fully saturated rings. The number of aliphatic hydroxyl groups is 1. The number of para-hydroxylation sites is 1. The lowest BCUT2D eigenvalue weighted by Crippen LogP contribution is -2.33. The van der Waals surface area contributed by atoms with Gasteiger partial charge in [-0.05, 0) is 42.8 Å². The topological polar surface area (TPSA) is 93.0 Å². The molecule has 3 rings (SSSR count). The first-order valence-electron chi connectivity index (χ1n) is 10.2. The van der Waals surface area contributed by atoms with E-state index in [4.69, 9.17) is 13.9 Å². The van der Waals surface area contributed by atoms with Crippen LogP contribution in [0.4, 0.5) is 0 Å². The maximum atomic E-state index is 12.0. The van der Waals surface area contributed by atoms with Crippen molar-refractivity contribution in [2.75, 3.05) is 32.8 Å². The Kier molecular flexibility index (Phi) is 8.11. The summed E-state index contributed by atoms with van der Waals surface area (Å²) in [6, 6.07) is 16.6. The molecular formula is C23H28N2O5. The van der Waals surface area contributed by atoms with Crippen LogP contribution in [0.15, 0.2) is 59.0 Å². The molecular weight excluding hydrogens is 384 g/mol. The number of furan rings is 1. The van der Waals surface area contributed by atoms with Gasteiger partial charge in [-0.2, -0.15) is 0 Å². The molecule has 7 heteroatoms. The van der Waals surface area contributed by atoms with E-state index in [2.05, 4.69) is 10.6 Å². The van der Waals surface area contributed by atoms with E-state index in [1.807, 2.05) is 49.4 Å². The Hall–Kier alpha value is -3.03. The minimum absolute atomic E-state index is 0.213. The van der Waals surface area contributed by atoms with Gasteiger partial charge in [0.25, 0.3) is 5.91 Å². The maximum Gasteiger partial charge on any atom is 0.287 e. The van der Waals surface area contributed by atoms with Crippen molar-refractivity contribution in [2.24, 2.45) is 0 Å². The lowest BCUT2D eigenvalue weighted by molar-refractivity contribution is 0.0928. The van der Waals surface area contributed by atoms with Crippen LogP contribution >= 0.6 is 0 Å². The predicted molar refractivity (Wildman–Crippen MR) is 115 cm³/mol. The summed E-state index contributed by atoms with van der Waals surface area (Å²) < 4.78 is 16.8. The number of amides is 1. The van der Waals surface area contributed by atoms with E-state index in [-0.39, 0.29) is 12.5 Å². The molecule has 30 heavy (non-hydrogen) atoms. The van der Waals surface area contributed by atoms with Crippen molar-refractivity contribution in [1.82, 2.24) is 10.6 Å². The average molecular weight is 412 g/mol. The lowest BCUT2D eigenvalue weighted by atomic mass is 10.2. The van der Waals surface area contributed by atoms with E-state index in [9.17, 15) is 9.90 Å². The van der Waals surface area contributed by atoms with Crippen LogP contribution in [0.3, 0.4) is 0 Å². The molecule has 1 heterocycles. The van der Waals surface area contributed by atoms with Crippen molar-refractivity contribution in [3.05, 3.63) is 60.4 Å². The number of ether oxygens (including phenoxy) is 2.